The number of carbonyl (C=O) groups excluding carboxylic acids is 1. The fourth-order valence-corrected chi connectivity index (χ4v) is 4.35. The minimum Gasteiger partial charge on any atom is -0.372 e. The second-order valence-electron chi connectivity index (χ2n) is 8.04. The fraction of sp³-hybridized carbons (Fsp3) is 0.280. The van der Waals surface area contributed by atoms with Crippen molar-refractivity contribution in [2.45, 2.75) is 25.8 Å². The van der Waals surface area contributed by atoms with E-state index in [9.17, 15) is 4.79 Å². The van der Waals surface area contributed by atoms with Crippen molar-refractivity contribution in [3.63, 3.8) is 0 Å². The molecule has 0 spiro atoms. The van der Waals surface area contributed by atoms with Gasteiger partial charge in [0, 0.05) is 49.4 Å². The molecule has 1 amide bonds. The second-order valence-corrected chi connectivity index (χ2v) is 8.04. The number of fused-ring (bicyclic) bond motifs is 1. The van der Waals surface area contributed by atoms with Gasteiger partial charge in [-0.3, -0.25) is 9.78 Å². The Morgan fingerprint density at radius 2 is 1.63 bits per heavy atom. The summed E-state index contributed by atoms with van der Waals surface area (Å²) in [7, 11) is 0. The van der Waals surface area contributed by atoms with Gasteiger partial charge < -0.3 is 15.1 Å². The number of carbonyl (C=O) groups is 1. The van der Waals surface area contributed by atoms with Crippen LogP contribution in [0.3, 0.4) is 0 Å². The first-order valence-electron chi connectivity index (χ1n) is 10.7. The highest BCUT2D eigenvalue weighted by Gasteiger charge is 2.22. The zero-order valence-electron chi connectivity index (χ0n) is 17.1. The first kappa shape index (κ1) is 18.7. The molecule has 1 saturated heterocycles. The number of rotatable bonds is 4. The van der Waals surface area contributed by atoms with Crippen molar-refractivity contribution in [2.24, 2.45) is 0 Å². The lowest BCUT2D eigenvalue weighted by Crippen LogP contribution is -2.36. The minimum absolute atomic E-state index is 0.0162. The van der Waals surface area contributed by atoms with Gasteiger partial charge in [-0.1, -0.05) is 24.3 Å². The molecule has 1 aromatic heterocycles. The zero-order valence-corrected chi connectivity index (χ0v) is 17.1. The SMILES string of the molecule is O=C(c1cc(Nc2ccc(N3CCCC3)cc2)ccn1)N1CCc2ccccc2C1. The highest BCUT2D eigenvalue weighted by atomic mass is 16.2. The molecule has 1 fully saturated rings. The van der Waals surface area contributed by atoms with Gasteiger partial charge in [-0.05, 0) is 66.8 Å². The van der Waals surface area contributed by atoms with Gasteiger partial charge in [0.05, 0.1) is 0 Å². The predicted octanol–water partition coefficient (Wildman–Crippen LogP) is 4.62. The average molecular weight is 399 g/mol. The Bertz CT molecular complexity index is 1040. The maximum atomic E-state index is 13.0. The van der Waals surface area contributed by atoms with Gasteiger partial charge in [0.15, 0.2) is 0 Å². The Balaban J connectivity index is 1.28. The van der Waals surface area contributed by atoms with E-state index in [4.69, 9.17) is 0 Å². The van der Waals surface area contributed by atoms with Crippen LogP contribution in [0.2, 0.25) is 0 Å². The molecule has 30 heavy (non-hydrogen) atoms. The van der Waals surface area contributed by atoms with Gasteiger partial charge in [-0.15, -0.1) is 0 Å². The summed E-state index contributed by atoms with van der Waals surface area (Å²) >= 11 is 0. The quantitative estimate of drug-likeness (QED) is 0.696. The van der Waals surface area contributed by atoms with E-state index in [0.717, 1.165) is 37.4 Å². The lowest BCUT2D eigenvalue weighted by Gasteiger charge is -2.28. The summed E-state index contributed by atoms with van der Waals surface area (Å²) in [5, 5.41) is 3.41. The molecule has 3 heterocycles. The molecule has 2 aliphatic heterocycles. The molecule has 2 aromatic carbocycles. The van der Waals surface area contributed by atoms with Gasteiger partial charge in [-0.25, -0.2) is 0 Å². The first-order chi connectivity index (χ1) is 14.8. The van der Waals surface area contributed by atoms with E-state index in [0.29, 0.717) is 12.2 Å². The van der Waals surface area contributed by atoms with E-state index in [-0.39, 0.29) is 5.91 Å². The summed E-state index contributed by atoms with van der Waals surface area (Å²) in [6.07, 6.45) is 5.14. The number of hydrogen-bond donors (Lipinski definition) is 1. The van der Waals surface area contributed by atoms with E-state index >= 15 is 0 Å². The normalized spacial score (nSPS) is 15.7. The number of nitrogens with zero attached hydrogens (tertiary/aromatic N) is 3. The predicted molar refractivity (Wildman–Crippen MR) is 120 cm³/mol. The molecule has 0 bridgehead atoms. The standard InChI is InChI=1S/C25H26N4O/c30-25(29-16-12-19-5-1-2-6-20(19)18-29)24-17-22(11-13-26-24)27-21-7-9-23(10-8-21)28-14-3-4-15-28/h1-2,5-11,13,17H,3-4,12,14-16,18H2,(H,26,27). The van der Waals surface area contributed by atoms with Crippen LogP contribution in [-0.4, -0.2) is 35.4 Å². The molecule has 2 aliphatic rings. The van der Waals surface area contributed by atoms with Crippen LogP contribution in [0.4, 0.5) is 17.1 Å². The fourth-order valence-electron chi connectivity index (χ4n) is 4.35. The average Bonchev–Trinajstić information content (AvgIpc) is 3.34. The molecule has 0 radical (unpaired) electrons. The van der Waals surface area contributed by atoms with Gasteiger partial charge in [0.2, 0.25) is 0 Å². The highest BCUT2D eigenvalue weighted by Crippen LogP contribution is 2.25. The van der Waals surface area contributed by atoms with Crippen LogP contribution in [0.25, 0.3) is 0 Å². The molecule has 0 saturated carbocycles. The molecular formula is C25H26N4O. The van der Waals surface area contributed by atoms with Crippen molar-refractivity contribution < 1.29 is 4.79 Å². The molecule has 5 rings (SSSR count). The molecule has 5 heteroatoms. The van der Waals surface area contributed by atoms with Crippen molar-refractivity contribution in [1.82, 2.24) is 9.88 Å². The maximum absolute atomic E-state index is 13.0. The highest BCUT2D eigenvalue weighted by molar-refractivity contribution is 5.93. The summed E-state index contributed by atoms with van der Waals surface area (Å²) in [5.41, 5.74) is 6.20. The monoisotopic (exact) mass is 398 g/mol. The summed E-state index contributed by atoms with van der Waals surface area (Å²) < 4.78 is 0. The molecule has 3 aromatic rings. The van der Waals surface area contributed by atoms with Gasteiger partial charge in [0.25, 0.3) is 5.91 Å². The van der Waals surface area contributed by atoms with E-state index in [2.05, 4.69) is 57.7 Å². The van der Waals surface area contributed by atoms with Crippen LogP contribution in [0.5, 0.6) is 0 Å². The van der Waals surface area contributed by atoms with Crippen LogP contribution in [0.15, 0.2) is 66.9 Å². The summed E-state index contributed by atoms with van der Waals surface area (Å²) in [5.74, 6) is -0.0162. The second kappa shape index (κ2) is 8.19. The molecule has 1 N–H and O–H groups in total. The Labute approximate surface area is 177 Å². The van der Waals surface area contributed by atoms with Crippen molar-refractivity contribution >= 4 is 23.0 Å². The number of aromatic nitrogens is 1. The summed E-state index contributed by atoms with van der Waals surface area (Å²) in [6, 6.07) is 20.6. The van der Waals surface area contributed by atoms with Crippen LogP contribution in [-0.2, 0) is 13.0 Å². The number of amides is 1. The Kier molecular flexibility index (Phi) is 5.10. The number of pyridine rings is 1. The van der Waals surface area contributed by atoms with E-state index in [1.807, 2.05) is 23.1 Å². The van der Waals surface area contributed by atoms with Crippen LogP contribution < -0.4 is 10.2 Å². The van der Waals surface area contributed by atoms with E-state index in [1.54, 1.807) is 6.20 Å². The lowest BCUT2D eigenvalue weighted by atomic mass is 10.00. The van der Waals surface area contributed by atoms with E-state index in [1.165, 1.54) is 29.7 Å². The summed E-state index contributed by atoms with van der Waals surface area (Å²) in [4.78, 5) is 21.7. The molecule has 0 unspecified atom stereocenters. The largest absolute Gasteiger partial charge is 0.372 e. The van der Waals surface area contributed by atoms with Crippen LogP contribution >= 0.6 is 0 Å². The van der Waals surface area contributed by atoms with Crippen LogP contribution in [0, 0.1) is 0 Å². The van der Waals surface area contributed by atoms with Gasteiger partial charge in [-0.2, -0.15) is 0 Å². The molecule has 5 nitrogen and oxygen atoms in total. The van der Waals surface area contributed by atoms with Gasteiger partial charge in [0.1, 0.15) is 5.69 Å². The number of hydrogen-bond acceptors (Lipinski definition) is 4. The third-order valence-corrected chi connectivity index (χ3v) is 6.02. The topological polar surface area (TPSA) is 48.5 Å². The maximum Gasteiger partial charge on any atom is 0.272 e. The molecular weight excluding hydrogens is 372 g/mol. The smallest absolute Gasteiger partial charge is 0.272 e. The molecule has 152 valence electrons. The number of nitrogens with one attached hydrogen (secondary N) is 1. The van der Waals surface area contributed by atoms with Crippen molar-refractivity contribution in [3.8, 4) is 0 Å². The first-order valence-corrected chi connectivity index (χ1v) is 10.7. The Hall–Kier alpha value is -3.34. The Morgan fingerprint density at radius 3 is 2.43 bits per heavy atom. The molecule has 0 atom stereocenters. The zero-order chi connectivity index (χ0) is 20.3. The van der Waals surface area contributed by atoms with Crippen molar-refractivity contribution in [1.29, 1.82) is 0 Å². The third-order valence-electron chi connectivity index (χ3n) is 6.02. The minimum atomic E-state index is -0.0162. The Morgan fingerprint density at radius 1 is 0.867 bits per heavy atom. The molecule has 0 aliphatic carbocycles. The van der Waals surface area contributed by atoms with Gasteiger partial charge >= 0.3 is 0 Å². The van der Waals surface area contributed by atoms with Crippen LogP contribution in [0.1, 0.15) is 34.5 Å². The van der Waals surface area contributed by atoms with E-state index < -0.39 is 0 Å². The van der Waals surface area contributed by atoms with Crippen molar-refractivity contribution in [2.75, 3.05) is 29.9 Å². The van der Waals surface area contributed by atoms with Crippen molar-refractivity contribution in [3.05, 3.63) is 83.7 Å². The number of benzene rings is 2. The summed E-state index contributed by atoms with van der Waals surface area (Å²) in [6.45, 7) is 3.66. The number of anilines is 3. The third kappa shape index (κ3) is 3.88. The lowest BCUT2D eigenvalue weighted by molar-refractivity contribution is 0.0729.